The number of hydrogen-bond donors (Lipinski definition) is 1. The second kappa shape index (κ2) is 5.86. The Morgan fingerprint density at radius 3 is 2.68 bits per heavy atom. The van der Waals surface area contributed by atoms with E-state index in [1.54, 1.807) is 12.1 Å². The summed E-state index contributed by atoms with van der Waals surface area (Å²) in [6.45, 7) is 0.518. The number of halogens is 3. The lowest BCUT2D eigenvalue weighted by molar-refractivity contribution is 0.152. The third kappa shape index (κ3) is 3.05. The lowest BCUT2D eigenvalue weighted by Crippen LogP contribution is -2.17. The van der Waals surface area contributed by atoms with Crippen LogP contribution in [0.2, 0.25) is 10.0 Å². The minimum Gasteiger partial charge on any atom is -0.448 e. The zero-order valence-corrected chi connectivity index (χ0v) is 12.0. The van der Waals surface area contributed by atoms with Crippen LogP contribution in [-0.4, -0.2) is 22.3 Å². The van der Waals surface area contributed by atoms with Crippen molar-refractivity contribution in [3.8, 4) is 0 Å². The molecule has 0 saturated heterocycles. The fourth-order valence-electron chi connectivity index (χ4n) is 1.76. The third-order valence-corrected chi connectivity index (χ3v) is 3.51. The Balaban J connectivity index is 2.39. The van der Waals surface area contributed by atoms with Gasteiger partial charge in [-0.15, -0.1) is 11.6 Å². The number of imidazole rings is 1. The molecule has 0 unspecified atom stereocenters. The molecule has 1 heterocycles. The van der Waals surface area contributed by atoms with Gasteiger partial charge in [-0.2, -0.15) is 0 Å². The normalized spacial score (nSPS) is 10.9. The van der Waals surface area contributed by atoms with Gasteiger partial charge in [0.1, 0.15) is 12.4 Å². The molecule has 0 aliphatic rings. The van der Waals surface area contributed by atoms with Gasteiger partial charge in [-0.1, -0.05) is 23.2 Å². The lowest BCUT2D eigenvalue weighted by Gasteiger charge is -2.07. The first-order chi connectivity index (χ1) is 9.02. The highest BCUT2D eigenvalue weighted by Crippen LogP contribution is 2.28. The lowest BCUT2D eigenvalue weighted by atomic mass is 10.3. The number of primary amides is 1. The molecular weight excluding hydrogens is 312 g/mol. The maximum Gasteiger partial charge on any atom is 0.404 e. The first-order valence-electron chi connectivity index (χ1n) is 5.35. The van der Waals surface area contributed by atoms with Crippen LogP contribution < -0.4 is 5.73 Å². The Labute approximate surface area is 124 Å². The van der Waals surface area contributed by atoms with Crippen LogP contribution >= 0.6 is 34.8 Å². The van der Waals surface area contributed by atoms with Crippen molar-refractivity contribution < 1.29 is 9.53 Å². The summed E-state index contributed by atoms with van der Waals surface area (Å²) in [5.41, 5.74) is 6.37. The molecule has 2 rings (SSSR count). The quantitative estimate of drug-likeness (QED) is 0.879. The van der Waals surface area contributed by atoms with E-state index in [1.165, 1.54) is 0 Å². The topological polar surface area (TPSA) is 70.1 Å². The molecule has 0 spiro atoms. The number of hydrogen-bond acceptors (Lipinski definition) is 3. The summed E-state index contributed by atoms with van der Waals surface area (Å²) < 4.78 is 6.52. The van der Waals surface area contributed by atoms with Gasteiger partial charge in [0.05, 0.1) is 33.5 Å². The zero-order chi connectivity index (χ0) is 14.0. The molecule has 0 bridgehead atoms. The molecular formula is C11H10Cl3N3O2. The number of ether oxygens (including phenoxy) is 1. The Morgan fingerprint density at radius 2 is 2.05 bits per heavy atom. The summed E-state index contributed by atoms with van der Waals surface area (Å²) in [5, 5.41) is 0.848. The summed E-state index contributed by atoms with van der Waals surface area (Å²) in [7, 11) is 0. The number of amides is 1. The van der Waals surface area contributed by atoms with Gasteiger partial charge in [-0.3, -0.25) is 0 Å². The van der Waals surface area contributed by atoms with Crippen molar-refractivity contribution in [2.45, 2.75) is 12.4 Å². The number of rotatable bonds is 4. The second-order valence-electron chi connectivity index (χ2n) is 3.74. The van der Waals surface area contributed by atoms with Crippen LogP contribution in [0.15, 0.2) is 12.1 Å². The van der Waals surface area contributed by atoms with Crippen LogP contribution in [0.1, 0.15) is 5.82 Å². The van der Waals surface area contributed by atoms with Crippen LogP contribution in [0.4, 0.5) is 4.79 Å². The van der Waals surface area contributed by atoms with Gasteiger partial charge in [-0.05, 0) is 12.1 Å². The summed E-state index contributed by atoms with van der Waals surface area (Å²) in [5.74, 6) is 0.864. The molecule has 19 heavy (non-hydrogen) atoms. The predicted octanol–water partition coefficient (Wildman–Crippen LogP) is 3.18. The van der Waals surface area contributed by atoms with Crippen LogP contribution in [-0.2, 0) is 17.2 Å². The fraction of sp³-hybridized carbons (Fsp3) is 0.273. The highest BCUT2D eigenvalue weighted by atomic mass is 35.5. The predicted molar refractivity (Wildman–Crippen MR) is 74.8 cm³/mol. The monoisotopic (exact) mass is 321 g/mol. The standard InChI is InChI=1S/C11H10Cl3N3O2/c12-5-10-16-8-3-6(13)7(14)4-9(8)17(10)1-2-19-11(15)18/h3-4H,1-2,5H2,(H2,15,18). The Hall–Kier alpha value is -1.17. The molecule has 0 atom stereocenters. The zero-order valence-electron chi connectivity index (χ0n) is 9.70. The first-order valence-corrected chi connectivity index (χ1v) is 6.64. The first kappa shape index (κ1) is 14.2. The van der Waals surface area contributed by atoms with Gasteiger partial charge in [0.15, 0.2) is 0 Å². The molecule has 102 valence electrons. The number of carbonyl (C=O) groups excluding carboxylic acids is 1. The number of benzene rings is 1. The second-order valence-corrected chi connectivity index (χ2v) is 4.82. The summed E-state index contributed by atoms with van der Waals surface area (Å²) in [6.07, 6.45) is -0.821. The molecule has 1 aromatic heterocycles. The number of fused-ring (bicyclic) bond motifs is 1. The fourth-order valence-corrected chi connectivity index (χ4v) is 2.28. The van der Waals surface area contributed by atoms with Crippen molar-refractivity contribution in [1.29, 1.82) is 0 Å². The van der Waals surface area contributed by atoms with Crippen molar-refractivity contribution in [1.82, 2.24) is 9.55 Å². The minimum atomic E-state index is -0.821. The van der Waals surface area contributed by atoms with Gasteiger partial charge in [0.2, 0.25) is 0 Å². The Morgan fingerprint density at radius 1 is 1.37 bits per heavy atom. The van der Waals surface area contributed by atoms with Crippen LogP contribution in [0.25, 0.3) is 11.0 Å². The molecule has 0 fully saturated rings. The van der Waals surface area contributed by atoms with E-state index in [0.717, 1.165) is 5.52 Å². The van der Waals surface area contributed by atoms with Crippen molar-refractivity contribution in [2.24, 2.45) is 5.73 Å². The molecule has 8 heteroatoms. The van der Waals surface area contributed by atoms with Crippen molar-refractivity contribution >= 4 is 51.9 Å². The van der Waals surface area contributed by atoms with E-state index in [-0.39, 0.29) is 12.5 Å². The molecule has 5 nitrogen and oxygen atoms in total. The number of nitrogens with two attached hydrogens (primary N) is 1. The number of aromatic nitrogens is 2. The van der Waals surface area contributed by atoms with Gasteiger partial charge < -0.3 is 15.0 Å². The Kier molecular flexibility index (Phi) is 4.39. The molecule has 2 aromatic rings. The van der Waals surface area contributed by atoms with Gasteiger partial charge in [-0.25, -0.2) is 9.78 Å². The SMILES string of the molecule is NC(=O)OCCn1c(CCl)nc2cc(Cl)c(Cl)cc21. The number of nitrogens with zero attached hydrogens (tertiary/aromatic N) is 2. The number of alkyl halides is 1. The number of carbonyl (C=O) groups is 1. The smallest absolute Gasteiger partial charge is 0.404 e. The maximum absolute atomic E-state index is 10.6. The molecule has 1 aromatic carbocycles. The third-order valence-electron chi connectivity index (χ3n) is 2.55. The largest absolute Gasteiger partial charge is 0.448 e. The molecule has 0 radical (unpaired) electrons. The minimum absolute atomic E-state index is 0.130. The molecule has 2 N–H and O–H groups in total. The summed E-state index contributed by atoms with van der Waals surface area (Å²) in [6, 6.07) is 3.37. The van der Waals surface area contributed by atoms with Crippen LogP contribution in [0, 0.1) is 0 Å². The van der Waals surface area contributed by atoms with Crippen LogP contribution in [0.5, 0.6) is 0 Å². The maximum atomic E-state index is 10.6. The van der Waals surface area contributed by atoms with Gasteiger partial charge >= 0.3 is 6.09 Å². The van der Waals surface area contributed by atoms with Crippen molar-refractivity contribution in [3.05, 3.63) is 28.0 Å². The highest BCUT2D eigenvalue weighted by molar-refractivity contribution is 6.42. The van der Waals surface area contributed by atoms with Crippen molar-refractivity contribution in [2.75, 3.05) is 6.61 Å². The molecule has 0 aliphatic heterocycles. The van der Waals surface area contributed by atoms with Crippen molar-refractivity contribution in [3.63, 3.8) is 0 Å². The average Bonchev–Trinajstić information content (AvgIpc) is 2.67. The summed E-state index contributed by atoms with van der Waals surface area (Å²) in [4.78, 5) is 14.9. The molecule has 0 aliphatic carbocycles. The van der Waals surface area contributed by atoms with E-state index in [0.29, 0.717) is 27.9 Å². The summed E-state index contributed by atoms with van der Waals surface area (Å²) >= 11 is 17.8. The highest BCUT2D eigenvalue weighted by Gasteiger charge is 2.12. The Bertz CT molecular complexity index is 627. The van der Waals surface area contributed by atoms with E-state index in [1.807, 2.05) is 4.57 Å². The van der Waals surface area contributed by atoms with E-state index >= 15 is 0 Å². The van der Waals surface area contributed by atoms with E-state index in [2.05, 4.69) is 4.98 Å². The molecule has 1 amide bonds. The van der Waals surface area contributed by atoms with Crippen LogP contribution in [0.3, 0.4) is 0 Å². The van der Waals surface area contributed by atoms with Gasteiger partial charge in [0, 0.05) is 0 Å². The molecule has 0 saturated carbocycles. The van der Waals surface area contributed by atoms with E-state index in [9.17, 15) is 4.79 Å². The van der Waals surface area contributed by atoms with E-state index in [4.69, 9.17) is 45.3 Å². The van der Waals surface area contributed by atoms with Gasteiger partial charge in [0.25, 0.3) is 0 Å². The average molecular weight is 323 g/mol. The van der Waals surface area contributed by atoms with E-state index < -0.39 is 6.09 Å².